The maximum atomic E-state index is 12.3. The summed E-state index contributed by atoms with van der Waals surface area (Å²) in [5.74, 6) is 0.844. The Balaban J connectivity index is 1.79. The van der Waals surface area contributed by atoms with Crippen molar-refractivity contribution in [3.05, 3.63) is 5.82 Å². The predicted molar refractivity (Wildman–Crippen MR) is 75.0 cm³/mol. The van der Waals surface area contributed by atoms with Gasteiger partial charge in [-0.1, -0.05) is 19.8 Å². The van der Waals surface area contributed by atoms with E-state index in [4.69, 9.17) is 0 Å². The summed E-state index contributed by atoms with van der Waals surface area (Å²) < 4.78 is 0. The fraction of sp³-hybridized carbons (Fsp3) is 0.846. The minimum Gasteiger partial charge on any atom is -0.354 e. The Morgan fingerprint density at radius 3 is 2.85 bits per heavy atom. The van der Waals surface area contributed by atoms with E-state index in [-0.39, 0.29) is 11.9 Å². The molecule has 7 heteroatoms. The van der Waals surface area contributed by atoms with E-state index in [2.05, 4.69) is 37.8 Å². The van der Waals surface area contributed by atoms with Gasteiger partial charge in [-0.2, -0.15) is 0 Å². The second-order valence-electron chi connectivity index (χ2n) is 5.29. The fourth-order valence-electron chi connectivity index (χ4n) is 2.69. The third-order valence-corrected chi connectivity index (χ3v) is 3.75. The highest BCUT2D eigenvalue weighted by molar-refractivity contribution is 5.81. The molecular formula is C13H24N6O. The smallest absolute Gasteiger partial charge is 0.237 e. The van der Waals surface area contributed by atoms with Crippen molar-refractivity contribution in [2.75, 3.05) is 19.6 Å². The molecule has 0 bridgehead atoms. The van der Waals surface area contributed by atoms with Crippen LogP contribution in [0.2, 0.25) is 0 Å². The van der Waals surface area contributed by atoms with E-state index in [0.29, 0.717) is 18.8 Å². The van der Waals surface area contributed by atoms with Gasteiger partial charge in [-0.25, -0.2) is 5.10 Å². The fourth-order valence-corrected chi connectivity index (χ4v) is 2.69. The van der Waals surface area contributed by atoms with E-state index in [0.717, 1.165) is 25.9 Å². The van der Waals surface area contributed by atoms with E-state index in [1.807, 2.05) is 0 Å². The molecule has 0 aliphatic carbocycles. The Morgan fingerprint density at radius 1 is 1.40 bits per heavy atom. The lowest BCUT2D eigenvalue weighted by molar-refractivity contribution is -0.127. The van der Waals surface area contributed by atoms with Crippen LogP contribution in [-0.4, -0.2) is 57.1 Å². The number of nitrogens with zero attached hydrogens (tertiary/aromatic N) is 4. The molecule has 0 aromatic carbocycles. The van der Waals surface area contributed by atoms with Gasteiger partial charge in [-0.3, -0.25) is 9.69 Å². The van der Waals surface area contributed by atoms with Crippen LogP contribution in [0.3, 0.4) is 0 Å². The van der Waals surface area contributed by atoms with Crippen molar-refractivity contribution in [1.82, 2.24) is 30.8 Å². The first-order chi connectivity index (χ1) is 9.81. The van der Waals surface area contributed by atoms with Crippen LogP contribution >= 0.6 is 0 Å². The molecule has 1 fully saturated rings. The Bertz CT molecular complexity index is 388. The van der Waals surface area contributed by atoms with Crippen LogP contribution in [0.5, 0.6) is 0 Å². The monoisotopic (exact) mass is 280 g/mol. The number of nitrogens with one attached hydrogen (secondary N) is 2. The quantitative estimate of drug-likeness (QED) is 0.760. The molecule has 1 aliphatic rings. The summed E-state index contributed by atoms with van der Waals surface area (Å²) in [4.78, 5) is 14.7. The molecule has 20 heavy (non-hydrogen) atoms. The maximum Gasteiger partial charge on any atom is 0.237 e. The number of hydrogen-bond donors (Lipinski definition) is 2. The van der Waals surface area contributed by atoms with Gasteiger partial charge in [0.2, 0.25) is 5.91 Å². The summed E-state index contributed by atoms with van der Waals surface area (Å²) in [6.45, 7) is 4.79. The number of amides is 1. The van der Waals surface area contributed by atoms with Crippen LogP contribution in [0.4, 0.5) is 0 Å². The molecule has 112 valence electrons. The van der Waals surface area contributed by atoms with Crippen molar-refractivity contribution in [1.29, 1.82) is 0 Å². The van der Waals surface area contributed by atoms with Crippen LogP contribution < -0.4 is 5.32 Å². The zero-order valence-electron chi connectivity index (χ0n) is 12.1. The van der Waals surface area contributed by atoms with Gasteiger partial charge in [-0.15, -0.1) is 5.10 Å². The van der Waals surface area contributed by atoms with E-state index in [1.54, 1.807) is 0 Å². The van der Waals surface area contributed by atoms with E-state index >= 15 is 0 Å². The van der Waals surface area contributed by atoms with Crippen LogP contribution in [0.25, 0.3) is 0 Å². The molecule has 1 atom stereocenters. The number of carbonyl (C=O) groups excluding carboxylic acids is 1. The van der Waals surface area contributed by atoms with E-state index in [9.17, 15) is 4.79 Å². The highest BCUT2D eigenvalue weighted by Crippen LogP contribution is 2.15. The number of aromatic nitrogens is 4. The Hall–Kier alpha value is -1.50. The van der Waals surface area contributed by atoms with Crippen LogP contribution in [0.1, 0.15) is 44.9 Å². The molecule has 1 aromatic rings. The zero-order chi connectivity index (χ0) is 14.2. The van der Waals surface area contributed by atoms with Gasteiger partial charge in [0, 0.05) is 13.0 Å². The molecule has 0 radical (unpaired) electrons. The molecule has 2 rings (SSSR count). The number of aromatic amines is 1. The Labute approximate surface area is 119 Å². The lowest BCUT2D eigenvalue weighted by Crippen LogP contribution is -2.49. The van der Waals surface area contributed by atoms with Gasteiger partial charge >= 0.3 is 0 Å². The molecule has 0 spiro atoms. The summed E-state index contributed by atoms with van der Waals surface area (Å²) in [7, 11) is 0. The molecule has 0 saturated carbocycles. The van der Waals surface area contributed by atoms with Gasteiger partial charge < -0.3 is 5.32 Å². The van der Waals surface area contributed by atoms with Crippen molar-refractivity contribution in [3.8, 4) is 0 Å². The lowest BCUT2D eigenvalue weighted by Gasteiger charge is -2.33. The van der Waals surface area contributed by atoms with Crippen molar-refractivity contribution < 1.29 is 4.79 Å². The summed E-state index contributed by atoms with van der Waals surface area (Å²) in [6, 6.07) is 0.0214. The molecule has 1 saturated heterocycles. The number of likely N-dealkylation sites (tertiary alicyclic amines) is 1. The number of rotatable bonds is 7. The van der Waals surface area contributed by atoms with Crippen molar-refractivity contribution >= 4 is 5.91 Å². The average Bonchev–Trinajstić information content (AvgIpc) is 2.99. The van der Waals surface area contributed by atoms with Crippen molar-refractivity contribution in [2.24, 2.45) is 0 Å². The first-order valence-corrected chi connectivity index (χ1v) is 7.55. The molecule has 1 aromatic heterocycles. The molecule has 1 unspecified atom stereocenters. The van der Waals surface area contributed by atoms with E-state index in [1.165, 1.54) is 19.3 Å². The van der Waals surface area contributed by atoms with Crippen molar-refractivity contribution in [2.45, 2.75) is 51.5 Å². The molecule has 1 amide bonds. The molecule has 2 heterocycles. The number of tetrazole rings is 1. The van der Waals surface area contributed by atoms with Gasteiger partial charge in [0.1, 0.15) is 5.82 Å². The third kappa shape index (κ3) is 4.26. The molecule has 1 aliphatic heterocycles. The second kappa shape index (κ2) is 7.94. The predicted octanol–water partition coefficient (Wildman–Crippen LogP) is 0.513. The number of piperidine rings is 1. The van der Waals surface area contributed by atoms with Crippen LogP contribution in [-0.2, 0) is 11.2 Å². The standard InChI is InChI=1S/C13H24N6O/c1-2-6-11(19-9-4-3-5-10-19)13(20)14-8-7-12-15-17-18-16-12/h11H,2-10H2,1H3,(H,14,20)(H,15,16,17,18). The summed E-state index contributed by atoms with van der Waals surface area (Å²) in [5, 5.41) is 16.5. The maximum absolute atomic E-state index is 12.3. The number of H-pyrrole nitrogens is 1. The number of carbonyl (C=O) groups is 1. The van der Waals surface area contributed by atoms with Crippen molar-refractivity contribution in [3.63, 3.8) is 0 Å². The van der Waals surface area contributed by atoms with E-state index < -0.39 is 0 Å². The molecular weight excluding hydrogens is 256 g/mol. The highest BCUT2D eigenvalue weighted by atomic mass is 16.2. The number of hydrogen-bond acceptors (Lipinski definition) is 5. The first kappa shape index (κ1) is 14.9. The lowest BCUT2D eigenvalue weighted by atomic mass is 10.0. The third-order valence-electron chi connectivity index (χ3n) is 3.75. The largest absolute Gasteiger partial charge is 0.354 e. The molecule has 7 nitrogen and oxygen atoms in total. The summed E-state index contributed by atoms with van der Waals surface area (Å²) in [6.07, 6.45) is 6.29. The normalized spacial score (nSPS) is 17.9. The summed E-state index contributed by atoms with van der Waals surface area (Å²) >= 11 is 0. The van der Waals surface area contributed by atoms with Gasteiger partial charge in [0.25, 0.3) is 0 Å². The topological polar surface area (TPSA) is 86.8 Å². The average molecular weight is 280 g/mol. The van der Waals surface area contributed by atoms with Gasteiger partial charge in [0.15, 0.2) is 0 Å². The molecule has 2 N–H and O–H groups in total. The first-order valence-electron chi connectivity index (χ1n) is 7.55. The highest BCUT2D eigenvalue weighted by Gasteiger charge is 2.25. The SMILES string of the molecule is CCCC(C(=O)NCCc1nnn[nH]1)N1CCCCC1. The van der Waals surface area contributed by atoms with Gasteiger partial charge in [-0.05, 0) is 42.8 Å². The summed E-state index contributed by atoms with van der Waals surface area (Å²) in [5.41, 5.74) is 0. The van der Waals surface area contributed by atoms with Crippen LogP contribution in [0.15, 0.2) is 0 Å². The minimum absolute atomic E-state index is 0.0214. The minimum atomic E-state index is 0.0214. The zero-order valence-corrected chi connectivity index (χ0v) is 12.1. The van der Waals surface area contributed by atoms with Crippen LogP contribution in [0, 0.1) is 0 Å². The Morgan fingerprint density at radius 2 is 2.20 bits per heavy atom. The second-order valence-corrected chi connectivity index (χ2v) is 5.29. The van der Waals surface area contributed by atoms with Gasteiger partial charge in [0.05, 0.1) is 6.04 Å². The Kier molecular flexibility index (Phi) is 5.91.